The fraction of sp³-hybridized carbons (Fsp3) is 0.0400. The van der Waals surface area contributed by atoms with E-state index in [1.54, 1.807) is 30.5 Å². The molecule has 7 nitrogen and oxygen atoms in total. The van der Waals surface area contributed by atoms with Crippen LogP contribution < -0.4 is 15.5 Å². The van der Waals surface area contributed by atoms with Gasteiger partial charge in [-0.3, -0.25) is 9.78 Å². The van der Waals surface area contributed by atoms with Crippen molar-refractivity contribution in [3.63, 3.8) is 0 Å². The Morgan fingerprint density at radius 2 is 1.89 bits per heavy atom. The van der Waals surface area contributed by atoms with Crippen LogP contribution in [0.3, 0.4) is 0 Å². The number of allylic oxidation sites excluding steroid dienone is 1. The number of pyridine rings is 1. The monoisotopic (exact) mass is 495 g/mol. The van der Waals surface area contributed by atoms with Crippen LogP contribution in [0.5, 0.6) is 5.75 Å². The molecule has 4 rings (SSSR count). The van der Waals surface area contributed by atoms with Crippen LogP contribution in [0.2, 0.25) is 0 Å². The summed E-state index contributed by atoms with van der Waals surface area (Å²) in [5.74, 6) is -1.10. The lowest BCUT2D eigenvalue weighted by Gasteiger charge is -2.14. The normalized spacial score (nSPS) is 11.7. The smallest absolute Gasteiger partial charge is 0.406 e. The zero-order valence-corrected chi connectivity index (χ0v) is 18.3. The number of rotatable bonds is 7. The summed E-state index contributed by atoms with van der Waals surface area (Å²) in [6, 6.07) is 15.8. The van der Waals surface area contributed by atoms with Crippen molar-refractivity contribution in [2.24, 2.45) is 0 Å². The van der Waals surface area contributed by atoms with Crippen LogP contribution in [0.15, 0.2) is 90.0 Å². The van der Waals surface area contributed by atoms with Crippen LogP contribution in [-0.4, -0.2) is 27.3 Å². The molecule has 2 heterocycles. The Balaban J connectivity index is 1.68. The van der Waals surface area contributed by atoms with Gasteiger partial charge >= 0.3 is 6.36 Å². The number of hydrogen-bond acceptors (Lipinski definition) is 6. The van der Waals surface area contributed by atoms with Crippen LogP contribution in [0.4, 0.5) is 23.2 Å². The molecule has 2 N–H and O–H groups in total. The van der Waals surface area contributed by atoms with Gasteiger partial charge in [0.05, 0.1) is 11.4 Å². The van der Waals surface area contributed by atoms with Gasteiger partial charge in [-0.05, 0) is 42.5 Å². The minimum atomic E-state index is -4.88. The van der Waals surface area contributed by atoms with Gasteiger partial charge in [-0.2, -0.15) is 5.10 Å². The van der Waals surface area contributed by atoms with Gasteiger partial charge in [0, 0.05) is 42.0 Å². The Labute approximate surface area is 201 Å². The molecule has 0 atom stereocenters. The van der Waals surface area contributed by atoms with Crippen LogP contribution in [0, 0.1) is 11.2 Å². The molecule has 11 heteroatoms. The number of halogens is 4. The van der Waals surface area contributed by atoms with E-state index in [0.29, 0.717) is 11.3 Å². The van der Waals surface area contributed by atoms with Gasteiger partial charge in [-0.25, -0.2) is 9.07 Å². The van der Waals surface area contributed by atoms with E-state index in [9.17, 15) is 22.4 Å². The highest BCUT2D eigenvalue weighted by molar-refractivity contribution is 5.87. The summed E-state index contributed by atoms with van der Waals surface area (Å²) in [4.78, 5) is 16.8. The number of hydrogen-bond donors (Lipinski definition) is 2. The van der Waals surface area contributed by atoms with Gasteiger partial charge in [-0.1, -0.05) is 18.2 Å². The molecular formula is C25H17F4N5O2. The summed E-state index contributed by atoms with van der Waals surface area (Å²) in [5, 5.41) is 14.4. The van der Waals surface area contributed by atoms with E-state index in [0.717, 1.165) is 29.1 Å². The maximum atomic E-state index is 15.0. The molecule has 0 bridgehead atoms. The summed E-state index contributed by atoms with van der Waals surface area (Å²) in [5.41, 5.74) is 0.590. The third kappa shape index (κ3) is 5.81. The molecule has 0 aliphatic rings. The Hall–Kier alpha value is -4.80. The Morgan fingerprint density at radius 3 is 2.58 bits per heavy atom. The maximum Gasteiger partial charge on any atom is 0.573 e. The minimum absolute atomic E-state index is 0.0130. The van der Waals surface area contributed by atoms with Gasteiger partial charge in [-0.15, -0.1) is 13.2 Å². The average Bonchev–Trinajstić information content (AvgIpc) is 2.84. The lowest BCUT2D eigenvalue weighted by Crippen LogP contribution is -2.19. The zero-order valence-electron chi connectivity index (χ0n) is 18.3. The number of aromatic nitrogens is 3. The molecule has 36 heavy (non-hydrogen) atoms. The van der Waals surface area contributed by atoms with Crippen molar-refractivity contribution < 1.29 is 22.3 Å². The van der Waals surface area contributed by atoms with Gasteiger partial charge < -0.3 is 15.5 Å². The maximum absolute atomic E-state index is 15.0. The molecule has 0 saturated carbocycles. The van der Waals surface area contributed by atoms with Gasteiger partial charge in [0.1, 0.15) is 17.3 Å². The number of ether oxygens (including phenoxy) is 1. The predicted octanol–water partition coefficient (Wildman–Crippen LogP) is 5.43. The highest BCUT2D eigenvalue weighted by Gasteiger charge is 2.31. The van der Waals surface area contributed by atoms with Gasteiger partial charge in [0.15, 0.2) is 5.69 Å². The fourth-order valence-corrected chi connectivity index (χ4v) is 3.30. The molecule has 0 fully saturated rings. The quantitative estimate of drug-likeness (QED) is 0.263. The molecule has 0 radical (unpaired) electrons. The second kappa shape index (κ2) is 10.2. The van der Waals surface area contributed by atoms with Crippen molar-refractivity contribution in [3.05, 3.63) is 107 Å². The highest BCUT2D eigenvalue weighted by atomic mass is 19.4. The second-order valence-corrected chi connectivity index (χ2v) is 7.30. The van der Waals surface area contributed by atoms with E-state index in [2.05, 4.69) is 20.1 Å². The van der Waals surface area contributed by atoms with Crippen molar-refractivity contribution in [1.82, 2.24) is 14.8 Å². The highest BCUT2D eigenvalue weighted by Crippen LogP contribution is 2.27. The number of benzene rings is 2. The minimum Gasteiger partial charge on any atom is -0.406 e. The molecule has 2 aromatic carbocycles. The predicted molar refractivity (Wildman–Crippen MR) is 127 cm³/mol. The van der Waals surface area contributed by atoms with Crippen molar-refractivity contribution >= 4 is 17.6 Å². The lowest BCUT2D eigenvalue weighted by atomic mass is 10.1. The average molecular weight is 495 g/mol. The number of anilines is 1. The molecule has 182 valence electrons. The van der Waals surface area contributed by atoms with Crippen LogP contribution in [-0.2, 0) is 0 Å². The molecule has 0 unspecified atom stereocenters. The molecule has 0 aliphatic heterocycles. The lowest BCUT2D eigenvalue weighted by molar-refractivity contribution is -0.274. The SMILES string of the molecule is N=C/C=C(\Nc1cccc(OC(F)(F)F)c1)c1nn(-c2ccc(-c3ccccn3)cc2F)ccc1=O. The third-order valence-corrected chi connectivity index (χ3v) is 4.82. The number of nitrogens with one attached hydrogen (secondary N) is 2. The first-order valence-corrected chi connectivity index (χ1v) is 10.4. The molecule has 4 aromatic rings. The van der Waals surface area contributed by atoms with Crippen molar-refractivity contribution in [2.45, 2.75) is 6.36 Å². The molecule has 0 saturated heterocycles. The van der Waals surface area contributed by atoms with Crippen molar-refractivity contribution in [2.75, 3.05) is 5.32 Å². The zero-order chi connectivity index (χ0) is 25.7. The molecule has 0 spiro atoms. The van der Waals surface area contributed by atoms with E-state index in [1.165, 1.54) is 36.5 Å². The molecule has 0 amide bonds. The van der Waals surface area contributed by atoms with Crippen LogP contribution in [0.1, 0.15) is 5.69 Å². The third-order valence-electron chi connectivity index (χ3n) is 4.82. The Morgan fingerprint density at radius 1 is 1.06 bits per heavy atom. The summed E-state index contributed by atoms with van der Waals surface area (Å²) in [6.45, 7) is 0. The largest absolute Gasteiger partial charge is 0.573 e. The standard InChI is InChI=1S/C25H17F4N5O2/c26-19-14-16(20-6-1-2-12-31-20)7-8-22(19)34-13-10-23(35)24(33-34)21(9-11-30)32-17-4-3-5-18(15-17)36-25(27,28)29/h1-15,30,32H/b21-9-,30-11?. The Kier molecular flexibility index (Phi) is 6.91. The second-order valence-electron chi connectivity index (χ2n) is 7.30. The van der Waals surface area contributed by atoms with E-state index in [4.69, 9.17) is 5.41 Å². The number of nitrogens with zero attached hydrogens (tertiary/aromatic N) is 3. The van der Waals surface area contributed by atoms with E-state index in [-0.39, 0.29) is 22.8 Å². The van der Waals surface area contributed by atoms with Crippen molar-refractivity contribution in [1.29, 1.82) is 5.41 Å². The first-order valence-electron chi connectivity index (χ1n) is 10.4. The molecular weight excluding hydrogens is 478 g/mol. The van der Waals surface area contributed by atoms with Crippen molar-refractivity contribution in [3.8, 4) is 22.7 Å². The topological polar surface area (TPSA) is 92.9 Å². The fourth-order valence-electron chi connectivity index (χ4n) is 3.30. The van der Waals surface area contributed by atoms with Gasteiger partial charge in [0.2, 0.25) is 5.43 Å². The summed E-state index contributed by atoms with van der Waals surface area (Å²) < 4.78 is 57.7. The summed E-state index contributed by atoms with van der Waals surface area (Å²) in [7, 11) is 0. The van der Waals surface area contributed by atoms with Gasteiger partial charge in [0.25, 0.3) is 0 Å². The van der Waals surface area contributed by atoms with E-state index in [1.807, 2.05) is 0 Å². The first-order chi connectivity index (χ1) is 17.2. The molecule has 0 aliphatic carbocycles. The summed E-state index contributed by atoms with van der Waals surface area (Å²) >= 11 is 0. The number of alkyl halides is 3. The van der Waals surface area contributed by atoms with E-state index >= 15 is 0 Å². The van der Waals surface area contributed by atoms with Crippen LogP contribution >= 0.6 is 0 Å². The summed E-state index contributed by atoms with van der Waals surface area (Å²) in [6.07, 6.45) is 0.0679. The molecule has 2 aromatic heterocycles. The first kappa shape index (κ1) is 24.3. The van der Waals surface area contributed by atoms with Crippen LogP contribution in [0.25, 0.3) is 22.6 Å². The van der Waals surface area contributed by atoms with E-state index < -0.39 is 23.4 Å². The Bertz CT molecular complexity index is 1480.